The normalized spacial score (nSPS) is 27.2. The third kappa shape index (κ3) is 3.57. The third-order valence-electron chi connectivity index (χ3n) is 4.73. The number of thioether (sulfide) groups is 1. The molecule has 2 aliphatic rings. The van der Waals surface area contributed by atoms with Gasteiger partial charge >= 0.3 is 0 Å². The maximum absolute atomic E-state index is 3.74. The zero-order valence-electron chi connectivity index (χ0n) is 12.5. The highest BCUT2D eigenvalue weighted by Gasteiger charge is 2.30. The first-order valence-electron chi connectivity index (χ1n) is 7.92. The first-order chi connectivity index (χ1) is 9.83. The molecule has 0 spiro atoms. The molecule has 1 saturated carbocycles. The molecule has 1 N–H and O–H groups in total. The van der Waals surface area contributed by atoms with Crippen molar-refractivity contribution in [3.05, 3.63) is 35.4 Å². The van der Waals surface area contributed by atoms with Crippen molar-refractivity contribution in [2.45, 2.75) is 31.7 Å². The van der Waals surface area contributed by atoms with Crippen LogP contribution in [0.1, 0.15) is 29.9 Å². The van der Waals surface area contributed by atoms with E-state index in [1.807, 2.05) is 0 Å². The molecule has 0 bridgehead atoms. The number of nitrogens with zero attached hydrogens (tertiary/aromatic N) is 1. The SMILES string of the molecule is Cc1ccccc1C1CC(NCCN2CCSCC2)C1. The summed E-state index contributed by atoms with van der Waals surface area (Å²) in [5, 5.41) is 3.74. The van der Waals surface area contributed by atoms with Gasteiger partial charge in [-0.1, -0.05) is 24.3 Å². The molecule has 110 valence electrons. The van der Waals surface area contributed by atoms with E-state index in [0.717, 1.165) is 18.5 Å². The quantitative estimate of drug-likeness (QED) is 0.898. The summed E-state index contributed by atoms with van der Waals surface area (Å²) in [5.41, 5.74) is 3.03. The highest BCUT2D eigenvalue weighted by molar-refractivity contribution is 7.99. The van der Waals surface area contributed by atoms with E-state index in [0.29, 0.717) is 0 Å². The third-order valence-corrected chi connectivity index (χ3v) is 5.67. The molecule has 0 unspecified atom stereocenters. The summed E-state index contributed by atoms with van der Waals surface area (Å²) in [5.74, 6) is 3.43. The molecule has 20 heavy (non-hydrogen) atoms. The average Bonchev–Trinajstić information content (AvgIpc) is 2.44. The smallest absolute Gasteiger partial charge is 0.0108 e. The topological polar surface area (TPSA) is 15.3 Å². The van der Waals surface area contributed by atoms with Gasteiger partial charge in [-0.2, -0.15) is 11.8 Å². The van der Waals surface area contributed by atoms with Crippen LogP contribution in [0.5, 0.6) is 0 Å². The zero-order valence-corrected chi connectivity index (χ0v) is 13.3. The minimum Gasteiger partial charge on any atom is -0.313 e. The Balaban J connectivity index is 1.35. The standard InChI is InChI=1S/C17H26N2S/c1-14-4-2-3-5-17(14)15-12-16(13-15)18-6-7-19-8-10-20-11-9-19/h2-5,15-16,18H,6-13H2,1H3. The molecule has 1 aliphatic carbocycles. The van der Waals surface area contributed by atoms with Gasteiger partial charge in [0.2, 0.25) is 0 Å². The van der Waals surface area contributed by atoms with E-state index >= 15 is 0 Å². The monoisotopic (exact) mass is 290 g/mol. The number of hydrogen-bond donors (Lipinski definition) is 1. The first-order valence-corrected chi connectivity index (χ1v) is 9.07. The van der Waals surface area contributed by atoms with Crippen LogP contribution in [0.4, 0.5) is 0 Å². The van der Waals surface area contributed by atoms with Crippen LogP contribution in [-0.2, 0) is 0 Å². The fourth-order valence-corrected chi connectivity index (χ4v) is 4.31. The maximum Gasteiger partial charge on any atom is 0.0108 e. The highest BCUT2D eigenvalue weighted by Crippen LogP contribution is 2.38. The van der Waals surface area contributed by atoms with Crippen molar-refractivity contribution in [3.63, 3.8) is 0 Å². The number of aryl methyl sites for hydroxylation is 1. The summed E-state index contributed by atoms with van der Waals surface area (Å²) in [6.45, 7) is 7.19. The fourth-order valence-electron chi connectivity index (χ4n) is 3.33. The Morgan fingerprint density at radius 1 is 1.20 bits per heavy atom. The molecule has 1 aromatic rings. The van der Waals surface area contributed by atoms with Crippen molar-refractivity contribution in [3.8, 4) is 0 Å². The zero-order chi connectivity index (χ0) is 13.8. The van der Waals surface area contributed by atoms with Gasteiger partial charge in [-0.15, -0.1) is 0 Å². The number of rotatable bonds is 5. The summed E-state index contributed by atoms with van der Waals surface area (Å²) < 4.78 is 0. The van der Waals surface area contributed by atoms with E-state index < -0.39 is 0 Å². The van der Waals surface area contributed by atoms with Gasteiger partial charge in [0.15, 0.2) is 0 Å². The van der Waals surface area contributed by atoms with Crippen molar-refractivity contribution >= 4 is 11.8 Å². The van der Waals surface area contributed by atoms with E-state index in [1.165, 1.54) is 49.5 Å². The van der Waals surface area contributed by atoms with Crippen molar-refractivity contribution in [2.75, 3.05) is 37.7 Å². The van der Waals surface area contributed by atoms with Gasteiger partial charge in [0.1, 0.15) is 0 Å². The molecule has 2 fully saturated rings. The molecule has 3 heteroatoms. The van der Waals surface area contributed by atoms with E-state index in [1.54, 1.807) is 5.56 Å². The first kappa shape index (κ1) is 14.4. The Bertz CT molecular complexity index is 423. The van der Waals surface area contributed by atoms with Crippen LogP contribution in [0.3, 0.4) is 0 Å². The van der Waals surface area contributed by atoms with Crippen LogP contribution in [0, 0.1) is 6.92 Å². The lowest BCUT2D eigenvalue weighted by Gasteiger charge is -2.38. The van der Waals surface area contributed by atoms with Crippen LogP contribution in [0.2, 0.25) is 0 Å². The van der Waals surface area contributed by atoms with Gasteiger partial charge < -0.3 is 10.2 Å². The van der Waals surface area contributed by atoms with Crippen LogP contribution in [0.25, 0.3) is 0 Å². The predicted octanol–water partition coefficient (Wildman–Crippen LogP) is 2.88. The molecular weight excluding hydrogens is 264 g/mol. The van der Waals surface area contributed by atoms with Crippen molar-refractivity contribution in [1.82, 2.24) is 10.2 Å². The van der Waals surface area contributed by atoms with Gasteiger partial charge in [-0.25, -0.2) is 0 Å². The summed E-state index contributed by atoms with van der Waals surface area (Å²) in [7, 11) is 0. The molecule has 0 atom stereocenters. The summed E-state index contributed by atoms with van der Waals surface area (Å²) in [4.78, 5) is 2.60. The van der Waals surface area contributed by atoms with Crippen molar-refractivity contribution in [2.24, 2.45) is 0 Å². The summed E-state index contributed by atoms with van der Waals surface area (Å²) in [6, 6.07) is 9.62. The largest absolute Gasteiger partial charge is 0.313 e. The number of nitrogens with one attached hydrogen (secondary N) is 1. The van der Waals surface area contributed by atoms with Crippen molar-refractivity contribution < 1.29 is 0 Å². The highest BCUT2D eigenvalue weighted by atomic mass is 32.2. The lowest BCUT2D eigenvalue weighted by atomic mass is 9.74. The molecular formula is C17H26N2S. The van der Waals surface area contributed by atoms with Crippen molar-refractivity contribution in [1.29, 1.82) is 0 Å². The number of benzene rings is 1. The summed E-state index contributed by atoms with van der Waals surface area (Å²) in [6.07, 6.45) is 2.64. The molecule has 2 nitrogen and oxygen atoms in total. The van der Waals surface area contributed by atoms with E-state index in [4.69, 9.17) is 0 Å². The number of hydrogen-bond acceptors (Lipinski definition) is 3. The Hall–Kier alpha value is -0.510. The molecule has 1 saturated heterocycles. The lowest BCUT2D eigenvalue weighted by Crippen LogP contribution is -2.45. The van der Waals surface area contributed by atoms with Gasteiger partial charge in [0.05, 0.1) is 0 Å². The minimum atomic E-state index is 0.749. The Kier molecular flexibility index (Phi) is 5.03. The second-order valence-corrected chi connectivity index (χ2v) is 7.35. The Morgan fingerprint density at radius 2 is 1.95 bits per heavy atom. The lowest BCUT2D eigenvalue weighted by molar-refractivity contribution is 0.255. The van der Waals surface area contributed by atoms with E-state index in [2.05, 4.69) is 53.2 Å². The molecule has 0 radical (unpaired) electrons. The molecule has 1 aromatic carbocycles. The molecule has 1 aliphatic heterocycles. The van der Waals surface area contributed by atoms with Crippen LogP contribution in [0.15, 0.2) is 24.3 Å². The molecule has 0 amide bonds. The molecule has 1 heterocycles. The maximum atomic E-state index is 3.74. The van der Waals surface area contributed by atoms with Gasteiger partial charge in [-0.3, -0.25) is 0 Å². The molecule has 3 rings (SSSR count). The average molecular weight is 290 g/mol. The van der Waals surface area contributed by atoms with E-state index in [-0.39, 0.29) is 0 Å². The summed E-state index contributed by atoms with van der Waals surface area (Å²) >= 11 is 2.09. The van der Waals surface area contributed by atoms with Gasteiger partial charge in [0, 0.05) is 43.7 Å². The Labute approximate surface area is 127 Å². The molecule has 0 aromatic heterocycles. The second kappa shape index (κ2) is 6.97. The van der Waals surface area contributed by atoms with Gasteiger partial charge in [0.25, 0.3) is 0 Å². The fraction of sp³-hybridized carbons (Fsp3) is 0.647. The van der Waals surface area contributed by atoms with Gasteiger partial charge in [-0.05, 0) is 36.8 Å². The predicted molar refractivity (Wildman–Crippen MR) is 88.7 cm³/mol. The Morgan fingerprint density at radius 3 is 2.70 bits per heavy atom. The van der Waals surface area contributed by atoms with Crippen LogP contribution >= 0.6 is 11.8 Å². The van der Waals surface area contributed by atoms with E-state index in [9.17, 15) is 0 Å². The van der Waals surface area contributed by atoms with Crippen LogP contribution in [-0.4, -0.2) is 48.6 Å². The second-order valence-electron chi connectivity index (χ2n) is 6.13. The minimum absolute atomic E-state index is 0.749. The van der Waals surface area contributed by atoms with Crippen LogP contribution < -0.4 is 5.32 Å².